The van der Waals surface area contributed by atoms with Gasteiger partial charge in [0.25, 0.3) is 5.91 Å². The molecule has 152 valence electrons. The number of nitrogens with one attached hydrogen (secondary N) is 1. The average Bonchev–Trinajstić information content (AvgIpc) is 2.75. The van der Waals surface area contributed by atoms with E-state index < -0.39 is 5.54 Å². The van der Waals surface area contributed by atoms with Crippen LogP contribution in [0.15, 0.2) is 48.8 Å². The first-order chi connectivity index (χ1) is 14.1. The fourth-order valence-electron chi connectivity index (χ4n) is 5.25. The molecule has 1 N–H and O–H groups in total. The van der Waals surface area contributed by atoms with Crippen LogP contribution in [0.4, 0.5) is 5.69 Å². The summed E-state index contributed by atoms with van der Waals surface area (Å²) >= 11 is 0. The lowest BCUT2D eigenvalue weighted by atomic mass is 9.64. The van der Waals surface area contributed by atoms with Gasteiger partial charge in [-0.3, -0.25) is 14.6 Å². The van der Waals surface area contributed by atoms with Crippen molar-refractivity contribution >= 4 is 17.5 Å². The third-order valence-corrected chi connectivity index (χ3v) is 6.70. The second kappa shape index (κ2) is 7.97. The molecular formula is C24H29N3O2. The quantitative estimate of drug-likeness (QED) is 0.817. The standard InChI is InChI=1S/C24H29N3O2/c1-3-17(2)27-23(29)20-10-6-5-9-19(20)21(24(27)13-7-4-8-14-24)22(28)26-18-11-15-25-16-12-18/h5-6,9-12,15-17,21H,3-4,7-8,13-14H2,1-2H3,(H,25,26,28). The number of hydrogen-bond acceptors (Lipinski definition) is 3. The fraction of sp³-hybridized carbons (Fsp3) is 0.458. The van der Waals surface area contributed by atoms with Crippen LogP contribution in [0.1, 0.15) is 74.2 Å². The van der Waals surface area contributed by atoms with E-state index in [0.29, 0.717) is 5.56 Å². The molecule has 2 aromatic rings. The number of pyridine rings is 1. The summed E-state index contributed by atoms with van der Waals surface area (Å²) in [4.78, 5) is 33.4. The Morgan fingerprint density at radius 1 is 1.17 bits per heavy atom. The Hall–Kier alpha value is -2.69. The van der Waals surface area contributed by atoms with Crippen molar-refractivity contribution in [1.29, 1.82) is 0 Å². The number of nitrogens with zero attached hydrogens (tertiary/aromatic N) is 2. The molecule has 2 heterocycles. The minimum absolute atomic E-state index is 0.0358. The van der Waals surface area contributed by atoms with E-state index in [2.05, 4.69) is 29.0 Å². The number of amides is 2. The van der Waals surface area contributed by atoms with E-state index in [9.17, 15) is 9.59 Å². The van der Waals surface area contributed by atoms with E-state index in [0.717, 1.165) is 49.8 Å². The number of rotatable bonds is 4. The van der Waals surface area contributed by atoms with Crippen LogP contribution in [0.3, 0.4) is 0 Å². The molecule has 1 aromatic heterocycles. The monoisotopic (exact) mass is 391 g/mol. The molecule has 0 radical (unpaired) electrons. The van der Waals surface area contributed by atoms with Crippen LogP contribution in [-0.2, 0) is 4.79 Å². The number of carbonyl (C=O) groups is 2. The SMILES string of the molecule is CCC(C)N1C(=O)c2ccccc2C(C(=O)Nc2ccncc2)C12CCCCC2. The lowest BCUT2D eigenvalue weighted by Gasteiger charge is -2.55. The molecule has 1 aliphatic carbocycles. The van der Waals surface area contributed by atoms with Crippen LogP contribution in [0.25, 0.3) is 0 Å². The number of carbonyl (C=O) groups excluding carboxylic acids is 2. The van der Waals surface area contributed by atoms with E-state index >= 15 is 0 Å². The van der Waals surface area contributed by atoms with Crippen molar-refractivity contribution in [1.82, 2.24) is 9.88 Å². The van der Waals surface area contributed by atoms with Gasteiger partial charge in [0.2, 0.25) is 5.91 Å². The Balaban J connectivity index is 1.85. The Morgan fingerprint density at radius 2 is 1.86 bits per heavy atom. The molecule has 2 amide bonds. The number of aromatic nitrogens is 1. The minimum atomic E-state index is -0.462. The van der Waals surface area contributed by atoms with E-state index in [-0.39, 0.29) is 23.8 Å². The zero-order valence-electron chi connectivity index (χ0n) is 17.2. The topological polar surface area (TPSA) is 62.3 Å². The number of benzene rings is 1. The summed E-state index contributed by atoms with van der Waals surface area (Å²) in [7, 11) is 0. The predicted octanol–water partition coefficient (Wildman–Crippen LogP) is 4.76. The van der Waals surface area contributed by atoms with Crippen LogP contribution in [0.2, 0.25) is 0 Å². The van der Waals surface area contributed by atoms with Gasteiger partial charge in [0, 0.05) is 29.7 Å². The maximum absolute atomic E-state index is 13.7. The van der Waals surface area contributed by atoms with Crippen LogP contribution in [0, 0.1) is 0 Å². The minimum Gasteiger partial charge on any atom is -0.329 e. The molecule has 5 nitrogen and oxygen atoms in total. The first-order valence-corrected chi connectivity index (χ1v) is 10.7. The summed E-state index contributed by atoms with van der Waals surface area (Å²) in [6.45, 7) is 4.22. The van der Waals surface area contributed by atoms with Gasteiger partial charge in [-0.05, 0) is 49.9 Å². The Morgan fingerprint density at radius 3 is 2.55 bits per heavy atom. The highest BCUT2D eigenvalue weighted by Crippen LogP contribution is 2.50. The zero-order valence-corrected chi connectivity index (χ0v) is 17.2. The van der Waals surface area contributed by atoms with Crippen molar-refractivity contribution in [2.24, 2.45) is 0 Å². The summed E-state index contributed by atoms with van der Waals surface area (Å²) in [6, 6.07) is 11.4. The van der Waals surface area contributed by atoms with Crippen molar-refractivity contribution in [3.05, 3.63) is 59.9 Å². The van der Waals surface area contributed by atoms with Crippen LogP contribution >= 0.6 is 0 Å². The highest BCUT2D eigenvalue weighted by atomic mass is 16.2. The van der Waals surface area contributed by atoms with Gasteiger partial charge in [-0.2, -0.15) is 0 Å². The molecule has 0 bridgehead atoms. The van der Waals surface area contributed by atoms with Gasteiger partial charge in [-0.15, -0.1) is 0 Å². The Kier molecular flexibility index (Phi) is 5.39. The van der Waals surface area contributed by atoms with Crippen molar-refractivity contribution in [2.45, 2.75) is 69.9 Å². The third kappa shape index (κ3) is 3.33. The van der Waals surface area contributed by atoms with E-state index in [1.54, 1.807) is 24.5 Å². The van der Waals surface area contributed by atoms with Gasteiger partial charge in [0.1, 0.15) is 0 Å². The summed E-state index contributed by atoms with van der Waals surface area (Å²) in [5.41, 5.74) is 1.81. The molecule has 1 fully saturated rings. The average molecular weight is 392 g/mol. The maximum Gasteiger partial charge on any atom is 0.254 e. The first kappa shape index (κ1) is 19.6. The molecule has 2 atom stereocenters. The lowest BCUT2D eigenvalue weighted by molar-refractivity contribution is -0.122. The molecule has 0 saturated heterocycles. The van der Waals surface area contributed by atoms with Crippen LogP contribution in [0.5, 0.6) is 0 Å². The highest BCUT2D eigenvalue weighted by Gasteiger charge is 2.55. The van der Waals surface area contributed by atoms with Gasteiger partial charge < -0.3 is 10.2 Å². The second-order valence-electron chi connectivity index (χ2n) is 8.34. The molecule has 29 heavy (non-hydrogen) atoms. The van der Waals surface area contributed by atoms with Crippen LogP contribution in [-0.4, -0.2) is 33.3 Å². The largest absolute Gasteiger partial charge is 0.329 e. The van der Waals surface area contributed by atoms with Crippen molar-refractivity contribution in [2.75, 3.05) is 5.32 Å². The van der Waals surface area contributed by atoms with Gasteiger partial charge in [0.05, 0.1) is 11.5 Å². The molecule has 2 unspecified atom stereocenters. The number of anilines is 1. The third-order valence-electron chi connectivity index (χ3n) is 6.70. The van der Waals surface area contributed by atoms with E-state index in [1.807, 2.05) is 24.3 Å². The second-order valence-corrected chi connectivity index (χ2v) is 8.34. The van der Waals surface area contributed by atoms with Crippen molar-refractivity contribution in [3.63, 3.8) is 0 Å². The number of hydrogen-bond donors (Lipinski definition) is 1. The molecule has 1 aromatic carbocycles. The normalized spacial score (nSPS) is 21.5. The van der Waals surface area contributed by atoms with Gasteiger partial charge in [-0.1, -0.05) is 44.4 Å². The van der Waals surface area contributed by atoms with Gasteiger partial charge in [-0.25, -0.2) is 0 Å². The molecule has 1 aliphatic heterocycles. The van der Waals surface area contributed by atoms with Gasteiger partial charge in [0.15, 0.2) is 0 Å². The number of fused-ring (bicyclic) bond motifs is 1. The smallest absolute Gasteiger partial charge is 0.254 e. The highest BCUT2D eigenvalue weighted by molar-refractivity contribution is 6.05. The summed E-state index contributed by atoms with van der Waals surface area (Å²) in [5, 5.41) is 3.10. The molecule has 5 heteroatoms. The lowest BCUT2D eigenvalue weighted by Crippen LogP contribution is -2.64. The van der Waals surface area contributed by atoms with Crippen molar-refractivity contribution in [3.8, 4) is 0 Å². The van der Waals surface area contributed by atoms with E-state index in [1.165, 1.54) is 0 Å². The molecule has 2 aliphatic rings. The van der Waals surface area contributed by atoms with Crippen LogP contribution < -0.4 is 5.32 Å². The Labute approximate surface area is 172 Å². The maximum atomic E-state index is 13.7. The van der Waals surface area contributed by atoms with Gasteiger partial charge >= 0.3 is 0 Å². The first-order valence-electron chi connectivity index (χ1n) is 10.7. The molecular weight excluding hydrogens is 362 g/mol. The molecule has 1 spiro atoms. The molecule has 4 rings (SSSR count). The Bertz CT molecular complexity index is 890. The fourth-order valence-corrected chi connectivity index (χ4v) is 5.25. The predicted molar refractivity (Wildman–Crippen MR) is 114 cm³/mol. The summed E-state index contributed by atoms with van der Waals surface area (Å²) in [5.74, 6) is -0.338. The summed E-state index contributed by atoms with van der Waals surface area (Å²) < 4.78 is 0. The molecule has 1 saturated carbocycles. The van der Waals surface area contributed by atoms with E-state index in [4.69, 9.17) is 0 Å². The summed E-state index contributed by atoms with van der Waals surface area (Å²) in [6.07, 6.45) is 9.20. The zero-order chi connectivity index (χ0) is 20.4. The van der Waals surface area contributed by atoms with Crippen molar-refractivity contribution < 1.29 is 9.59 Å².